The average Bonchev–Trinajstić information content (AvgIpc) is 2.70. The summed E-state index contributed by atoms with van der Waals surface area (Å²) < 4.78 is 4.91. The fourth-order valence-electron chi connectivity index (χ4n) is 1.68. The smallest absolute Gasteiger partial charge is 0.338 e. The summed E-state index contributed by atoms with van der Waals surface area (Å²) in [5, 5.41) is 2.67. The van der Waals surface area contributed by atoms with Gasteiger partial charge in [-0.1, -0.05) is 11.8 Å². The first-order valence-corrected chi connectivity index (χ1v) is 5.70. The first-order chi connectivity index (χ1) is 8.66. The molecule has 1 N–H and O–H groups in total. The highest BCUT2D eigenvalue weighted by Crippen LogP contribution is 2.20. The number of carbonyl (C=O) groups excluding carboxylic acids is 2. The number of carbonyl (C=O) groups is 2. The Hall–Kier alpha value is -2.28. The third-order valence-electron chi connectivity index (χ3n) is 2.54. The molecule has 4 heteroatoms. The lowest BCUT2D eigenvalue weighted by atomic mass is 10.1. The predicted octanol–water partition coefficient (Wildman–Crippen LogP) is 1.23. The van der Waals surface area contributed by atoms with Gasteiger partial charge in [0, 0.05) is 31.0 Å². The van der Waals surface area contributed by atoms with Crippen LogP contribution in [0.25, 0.3) is 0 Å². The molecule has 2 rings (SSSR count). The molecule has 1 aliphatic rings. The maximum Gasteiger partial charge on any atom is 0.338 e. The molecule has 0 bridgehead atoms. The van der Waals surface area contributed by atoms with Gasteiger partial charge in [-0.25, -0.2) is 4.79 Å². The largest absolute Gasteiger partial charge is 0.457 e. The van der Waals surface area contributed by atoms with Crippen molar-refractivity contribution in [2.45, 2.75) is 20.0 Å². The first kappa shape index (κ1) is 12.2. The van der Waals surface area contributed by atoms with E-state index < -0.39 is 0 Å². The van der Waals surface area contributed by atoms with Gasteiger partial charge in [0.25, 0.3) is 0 Å². The van der Waals surface area contributed by atoms with Crippen LogP contribution in [0.2, 0.25) is 0 Å². The minimum Gasteiger partial charge on any atom is -0.457 e. The molecule has 0 unspecified atom stereocenters. The van der Waals surface area contributed by atoms with Crippen molar-refractivity contribution >= 4 is 11.9 Å². The van der Waals surface area contributed by atoms with Crippen molar-refractivity contribution < 1.29 is 14.3 Å². The summed E-state index contributed by atoms with van der Waals surface area (Å²) in [6.45, 7) is 2.36. The molecule has 0 fully saturated rings. The van der Waals surface area contributed by atoms with Crippen LogP contribution in [0.15, 0.2) is 18.2 Å². The zero-order chi connectivity index (χ0) is 13.0. The number of benzene rings is 1. The fraction of sp³-hybridized carbons (Fsp3) is 0.286. The van der Waals surface area contributed by atoms with Gasteiger partial charge in [0.1, 0.15) is 6.61 Å². The van der Waals surface area contributed by atoms with E-state index in [0.717, 1.165) is 11.1 Å². The van der Waals surface area contributed by atoms with Crippen LogP contribution in [0.4, 0.5) is 0 Å². The SMILES string of the molecule is CC(=O)NCCC#Cc1ccc2c(c1)COC2=O. The van der Waals surface area contributed by atoms with Crippen molar-refractivity contribution in [2.24, 2.45) is 0 Å². The van der Waals surface area contributed by atoms with Crippen molar-refractivity contribution in [1.29, 1.82) is 0 Å². The van der Waals surface area contributed by atoms with E-state index in [-0.39, 0.29) is 11.9 Å². The number of hydrogen-bond donors (Lipinski definition) is 1. The van der Waals surface area contributed by atoms with E-state index in [1.165, 1.54) is 6.92 Å². The number of hydrogen-bond acceptors (Lipinski definition) is 3. The maximum atomic E-state index is 11.2. The van der Waals surface area contributed by atoms with Crippen LogP contribution in [-0.4, -0.2) is 18.4 Å². The number of esters is 1. The second kappa shape index (κ2) is 5.37. The Balaban J connectivity index is 1.97. The molecule has 18 heavy (non-hydrogen) atoms. The van der Waals surface area contributed by atoms with Crippen molar-refractivity contribution in [1.82, 2.24) is 5.32 Å². The lowest BCUT2D eigenvalue weighted by Crippen LogP contribution is -2.20. The van der Waals surface area contributed by atoms with Crippen LogP contribution in [0, 0.1) is 11.8 Å². The van der Waals surface area contributed by atoms with E-state index in [9.17, 15) is 9.59 Å². The first-order valence-electron chi connectivity index (χ1n) is 5.70. The topological polar surface area (TPSA) is 55.4 Å². The van der Waals surface area contributed by atoms with Gasteiger partial charge in [0.15, 0.2) is 0 Å². The lowest BCUT2D eigenvalue weighted by molar-refractivity contribution is -0.118. The number of fused-ring (bicyclic) bond motifs is 1. The zero-order valence-electron chi connectivity index (χ0n) is 10.1. The van der Waals surface area contributed by atoms with E-state index in [4.69, 9.17) is 4.74 Å². The lowest BCUT2D eigenvalue weighted by Gasteiger charge is -1.96. The highest BCUT2D eigenvalue weighted by Gasteiger charge is 2.20. The number of rotatable bonds is 2. The molecule has 1 heterocycles. The number of amides is 1. The predicted molar refractivity (Wildman–Crippen MR) is 65.7 cm³/mol. The number of nitrogens with one attached hydrogen (secondary N) is 1. The summed E-state index contributed by atoms with van der Waals surface area (Å²) in [5.74, 6) is 5.64. The Morgan fingerprint density at radius 3 is 3.11 bits per heavy atom. The standard InChI is InChI=1S/C14H13NO3/c1-10(16)15-7-3-2-4-11-5-6-13-12(8-11)9-18-14(13)17/h5-6,8H,3,7,9H2,1H3,(H,15,16). The molecule has 1 amide bonds. The fourth-order valence-corrected chi connectivity index (χ4v) is 1.68. The Morgan fingerprint density at radius 1 is 1.50 bits per heavy atom. The van der Waals surface area contributed by atoms with E-state index in [1.807, 2.05) is 6.07 Å². The van der Waals surface area contributed by atoms with E-state index in [1.54, 1.807) is 12.1 Å². The summed E-state index contributed by atoms with van der Waals surface area (Å²) in [4.78, 5) is 21.9. The van der Waals surface area contributed by atoms with Gasteiger partial charge in [0.2, 0.25) is 5.91 Å². The van der Waals surface area contributed by atoms with Crippen LogP contribution >= 0.6 is 0 Å². The highest BCUT2D eigenvalue weighted by atomic mass is 16.5. The maximum absolute atomic E-state index is 11.2. The molecule has 0 aliphatic carbocycles. The average molecular weight is 243 g/mol. The quantitative estimate of drug-likeness (QED) is 0.483. The molecule has 0 aromatic heterocycles. The highest BCUT2D eigenvalue weighted by molar-refractivity contribution is 5.93. The molecular formula is C14H13NO3. The van der Waals surface area contributed by atoms with Crippen molar-refractivity contribution in [2.75, 3.05) is 6.54 Å². The van der Waals surface area contributed by atoms with Gasteiger partial charge in [-0.3, -0.25) is 4.79 Å². The van der Waals surface area contributed by atoms with Gasteiger partial charge >= 0.3 is 5.97 Å². The molecule has 4 nitrogen and oxygen atoms in total. The molecule has 1 aromatic carbocycles. The molecule has 0 saturated heterocycles. The van der Waals surface area contributed by atoms with Gasteiger partial charge < -0.3 is 10.1 Å². The van der Waals surface area contributed by atoms with Crippen LogP contribution in [0.1, 0.15) is 34.8 Å². The zero-order valence-corrected chi connectivity index (χ0v) is 10.1. The van der Waals surface area contributed by atoms with Gasteiger partial charge in [0.05, 0.1) is 5.56 Å². The molecule has 0 radical (unpaired) electrons. The summed E-state index contributed by atoms with van der Waals surface area (Å²) in [6.07, 6.45) is 0.603. The van der Waals surface area contributed by atoms with Crippen LogP contribution in [-0.2, 0) is 16.1 Å². The van der Waals surface area contributed by atoms with Crippen molar-refractivity contribution in [3.63, 3.8) is 0 Å². The molecule has 1 aromatic rings. The summed E-state index contributed by atoms with van der Waals surface area (Å²) in [6, 6.07) is 5.41. The molecule has 1 aliphatic heterocycles. The minimum atomic E-state index is -0.268. The third-order valence-corrected chi connectivity index (χ3v) is 2.54. The Morgan fingerprint density at radius 2 is 2.33 bits per heavy atom. The number of ether oxygens (including phenoxy) is 1. The summed E-state index contributed by atoms with van der Waals surface area (Å²) in [7, 11) is 0. The van der Waals surface area contributed by atoms with Crippen molar-refractivity contribution in [3.8, 4) is 11.8 Å². The van der Waals surface area contributed by atoms with Crippen molar-refractivity contribution in [3.05, 3.63) is 34.9 Å². The number of cyclic esters (lactones) is 1. The second-order valence-corrected chi connectivity index (χ2v) is 3.98. The second-order valence-electron chi connectivity index (χ2n) is 3.98. The van der Waals surface area contributed by atoms with E-state index in [2.05, 4.69) is 17.2 Å². The van der Waals surface area contributed by atoms with Crippen LogP contribution in [0.3, 0.4) is 0 Å². The Bertz CT molecular complexity index is 552. The minimum absolute atomic E-state index is 0.0509. The monoisotopic (exact) mass is 243 g/mol. The molecule has 92 valence electrons. The molecule has 0 spiro atoms. The van der Waals surface area contributed by atoms with E-state index >= 15 is 0 Å². The summed E-state index contributed by atoms with van der Waals surface area (Å²) >= 11 is 0. The van der Waals surface area contributed by atoms with Crippen LogP contribution < -0.4 is 5.32 Å². The molecular weight excluding hydrogens is 230 g/mol. The van der Waals surface area contributed by atoms with E-state index in [0.29, 0.717) is 25.1 Å². The third kappa shape index (κ3) is 2.89. The molecule has 0 atom stereocenters. The Kier molecular flexibility index (Phi) is 3.63. The van der Waals surface area contributed by atoms with Crippen LogP contribution in [0.5, 0.6) is 0 Å². The normalized spacial score (nSPS) is 12.2. The summed E-state index contributed by atoms with van der Waals surface area (Å²) in [5.41, 5.74) is 2.36. The van der Waals surface area contributed by atoms with Gasteiger partial charge in [-0.15, -0.1) is 0 Å². The molecule has 0 saturated carbocycles. The van der Waals surface area contributed by atoms with Gasteiger partial charge in [-0.05, 0) is 18.2 Å². The van der Waals surface area contributed by atoms with Gasteiger partial charge in [-0.2, -0.15) is 0 Å². The Labute approximate surface area is 105 Å².